The van der Waals surface area contributed by atoms with Crippen LogP contribution in [0.5, 0.6) is 0 Å². The van der Waals surface area contributed by atoms with Crippen LogP contribution in [0.25, 0.3) is 33.7 Å². The van der Waals surface area contributed by atoms with Gasteiger partial charge in [0.15, 0.2) is 11.2 Å². The van der Waals surface area contributed by atoms with Gasteiger partial charge < -0.3 is 8.83 Å². The maximum Gasteiger partial charge on any atom is 0.411 e. The molecule has 0 aliphatic carbocycles. The van der Waals surface area contributed by atoms with Crippen LogP contribution in [0.1, 0.15) is 96.2 Å². The van der Waals surface area contributed by atoms with Gasteiger partial charge in [-0.3, -0.25) is 0 Å². The summed E-state index contributed by atoms with van der Waals surface area (Å²) in [6.07, 6.45) is -7.67. The summed E-state index contributed by atoms with van der Waals surface area (Å²) >= 11 is 0. The second-order valence-corrected chi connectivity index (χ2v) is 12.7. The molecule has 1 unspecified atom stereocenters. The van der Waals surface area contributed by atoms with E-state index in [1.807, 2.05) is 39.0 Å². The minimum atomic E-state index is -5.77. The topological polar surface area (TPSA) is 52.1 Å². The minimum absolute atomic E-state index is 0.0718. The zero-order valence-electron chi connectivity index (χ0n) is 26.8. The Bertz CT molecular complexity index is 1830. The molecule has 0 fully saturated rings. The lowest BCUT2D eigenvalue weighted by molar-refractivity contribution is -0.288. The largest absolute Gasteiger partial charge is 0.440 e. The average Bonchev–Trinajstić information content (AvgIpc) is 3.64. The van der Waals surface area contributed by atoms with E-state index in [1.54, 1.807) is 6.07 Å². The Morgan fingerprint density at radius 2 is 1.15 bits per heavy atom. The number of aromatic nitrogens is 2. The maximum atomic E-state index is 15.1. The van der Waals surface area contributed by atoms with E-state index in [0.29, 0.717) is 18.4 Å². The van der Waals surface area contributed by atoms with Crippen LogP contribution in [0.3, 0.4) is 0 Å². The number of fused-ring (bicyclic) bond motifs is 2. The normalized spacial score (nSPS) is 14.7. The van der Waals surface area contributed by atoms with Crippen molar-refractivity contribution >= 4 is 22.2 Å². The third kappa shape index (κ3) is 5.37. The number of halogens is 6. The Hall–Kier alpha value is -3.82. The van der Waals surface area contributed by atoms with Crippen LogP contribution in [-0.4, -0.2) is 22.3 Å². The van der Waals surface area contributed by atoms with E-state index in [-0.39, 0.29) is 39.4 Å². The van der Waals surface area contributed by atoms with Gasteiger partial charge in [-0.15, -0.1) is 0 Å². The average molecular weight is 645 g/mol. The smallest absolute Gasteiger partial charge is 0.411 e. The van der Waals surface area contributed by atoms with Gasteiger partial charge in [0.05, 0.1) is 0 Å². The highest BCUT2D eigenvalue weighted by molar-refractivity contribution is 5.79. The Labute approximate surface area is 264 Å². The van der Waals surface area contributed by atoms with Gasteiger partial charge in [0.25, 0.3) is 0 Å². The lowest BCUT2D eigenvalue weighted by Gasteiger charge is -2.38. The molecule has 246 valence electrons. The Kier molecular flexibility index (Phi) is 8.58. The maximum absolute atomic E-state index is 15.1. The Morgan fingerprint density at radius 1 is 0.609 bits per heavy atom. The molecule has 2 aromatic heterocycles. The van der Waals surface area contributed by atoms with E-state index in [1.165, 1.54) is 0 Å². The van der Waals surface area contributed by atoms with E-state index in [2.05, 4.69) is 30.7 Å². The quantitative estimate of drug-likeness (QED) is 0.142. The standard InChI is InChI=1S/C36H38F6N2O2/c1-7-18-33(6,10-4)31-44-27-21-25(15-17-29(27)46-31)34(35(37,38)39,36(40,41)42)24-14-16-28-26(20-24)43-30(45-28)22-12-11-13-23(19-22)32(5,8-2)9-3/h11-17,19-21H,7-10,18H2,1-6H3. The molecule has 0 bridgehead atoms. The van der Waals surface area contributed by atoms with Crippen LogP contribution in [0.4, 0.5) is 26.3 Å². The summed E-state index contributed by atoms with van der Waals surface area (Å²) in [6.45, 7) is 12.1. The number of rotatable bonds is 10. The molecule has 1 atom stereocenters. The van der Waals surface area contributed by atoms with Gasteiger partial charge in [-0.1, -0.05) is 72.2 Å². The molecule has 0 amide bonds. The number of hydrogen-bond donors (Lipinski definition) is 0. The molecule has 3 aromatic carbocycles. The van der Waals surface area contributed by atoms with Crippen LogP contribution >= 0.6 is 0 Å². The SMILES string of the molecule is CCCC(C)(CC)c1nc2cc(C(c3ccc4oc(-c5cccc(C(C)(CC)CC)c5)nc4c3)(C(F)(F)F)C(F)(F)F)ccc2o1. The van der Waals surface area contributed by atoms with E-state index in [4.69, 9.17) is 8.83 Å². The molecule has 10 heteroatoms. The predicted molar refractivity (Wildman–Crippen MR) is 167 cm³/mol. The van der Waals surface area contributed by atoms with Crippen LogP contribution in [-0.2, 0) is 16.2 Å². The van der Waals surface area contributed by atoms with Gasteiger partial charge >= 0.3 is 12.4 Å². The molecule has 5 rings (SSSR count). The molecular formula is C36H38F6N2O2. The van der Waals surface area contributed by atoms with Crippen LogP contribution < -0.4 is 0 Å². The molecule has 46 heavy (non-hydrogen) atoms. The summed E-state index contributed by atoms with van der Waals surface area (Å²) in [5, 5.41) is 0. The van der Waals surface area contributed by atoms with Crippen LogP contribution in [0.2, 0.25) is 0 Å². The third-order valence-electron chi connectivity index (χ3n) is 9.96. The van der Waals surface area contributed by atoms with Crippen molar-refractivity contribution in [2.75, 3.05) is 0 Å². The summed E-state index contributed by atoms with van der Waals surface area (Å²) in [7, 11) is 0. The van der Waals surface area contributed by atoms with Crippen molar-refractivity contribution < 1.29 is 35.2 Å². The first-order chi connectivity index (χ1) is 21.6. The van der Waals surface area contributed by atoms with Gasteiger partial charge in [0, 0.05) is 11.0 Å². The molecule has 4 nitrogen and oxygen atoms in total. The van der Waals surface area contributed by atoms with Crippen LogP contribution in [0.15, 0.2) is 69.5 Å². The summed E-state index contributed by atoms with van der Waals surface area (Å²) in [5.41, 5.74) is -5.43. The zero-order chi connectivity index (χ0) is 33.7. The second-order valence-electron chi connectivity index (χ2n) is 12.7. The van der Waals surface area contributed by atoms with Gasteiger partial charge in [0.1, 0.15) is 11.0 Å². The second kappa shape index (κ2) is 11.8. The molecule has 5 aromatic rings. The first-order valence-corrected chi connectivity index (χ1v) is 15.6. The minimum Gasteiger partial charge on any atom is -0.440 e. The molecule has 2 heterocycles. The summed E-state index contributed by atoms with van der Waals surface area (Å²) < 4.78 is 102. The summed E-state index contributed by atoms with van der Waals surface area (Å²) in [4.78, 5) is 8.77. The van der Waals surface area contributed by atoms with Gasteiger partial charge in [-0.25, -0.2) is 9.97 Å². The molecule has 0 N–H and O–H groups in total. The highest BCUT2D eigenvalue weighted by atomic mass is 19.4. The number of alkyl halides is 6. The van der Waals surface area contributed by atoms with Crippen molar-refractivity contribution in [2.45, 2.75) is 102 Å². The van der Waals surface area contributed by atoms with E-state index >= 15 is 26.3 Å². The fourth-order valence-corrected chi connectivity index (χ4v) is 6.36. The number of nitrogens with zero attached hydrogens (tertiary/aromatic N) is 2. The molecule has 0 spiro atoms. The fourth-order valence-electron chi connectivity index (χ4n) is 6.36. The monoisotopic (exact) mass is 644 g/mol. The van der Waals surface area contributed by atoms with Gasteiger partial charge in [-0.2, -0.15) is 26.3 Å². The molecular weight excluding hydrogens is 606 g/mol. The Balaban J connectivity index is 1.68. The predicted octanol–water partition coefficient (Wildman–Crippen LogP) is 11.6. The van der Waals surface area contributed by atoms with Crippen molar-refractivity contribution in [1.82, 2.24) is 9.97 Å². The number of hydrogen-bond acceptors (Lipinski definition) is 4. The van der Waals surface area contributed by atoms with Crippen molar-refractivity contribution in [3.05, 3.63) is 83.2 Å². The first kappa shape index (κ1) is 33.5. The first-order valence-electron chi connectivity index (χ1n) is 15.6. The van der Waals surface area contributed by atoms with E-state index in [9.17, 15) is 0 Å². The lowest BCUT2D eigenvalue weighted by Crippen LogP contribution is -2.54. The number of oxazole rings is 2. The lowest BCUT2D eigenvalue weighted by atomic mass is 9.72. The van der Waals surface area contributed by atoms with Crippen molar-refractivity contribution in [1.29, 1.82) is 0 Å². The fraction of sp³-hybridized carbons (Fsp3) is 0.444. The molecule has 0 radical (unpaired) electrons. The zero-order valence-corrected chi connectivity index (χ0v) is 26.8. The number of benzene rings is 3. The molecule has 0 saturated heterocycles. The highest BCUT2D eigenvalue weighted by Gasteiger charge is 2.72. The van der Waals surface area contributed by atoms with Gasteiger partial charge in [0.2, 0.25) is 17.2 Å². The van der Waals surface area contributed by atoms with E-state index < -0.39 is 34.3 Å². The third-order valence-corrected chi connectivity index (χ3v) is 9.96. The van der Waals surface area contributed by atoms with E-state index in [0.717, 1.165) is 61.2 Å². The van der Waals surface area contributed by atoms with Gasteiger partial charge in [-0.05, 0) is 84.2 Å². The van der Waals surface area contributed by atoms with Crippen molar-refractivity contribution in [2.24, 2.45) is 0 Å². The van der Waals surface area contributed by atoms with Crippen molar-refractivity contribution in [3.63, 3.8) is 0 Å². The summed E-state index contributed by atoms with van der Waals surface area (Å²) in [5.74, 6) is 0.392. The molecule has 0 aliphatic heterocycles. The highest BCUT2D eigenvalue weighted by Crippen LogP contribution is 2.57. The van der Waals surface area contributed by atoms with Crippen LogP contribution in [0, 0.1) is 0 Å². The van der Waals surface area contributed by atoms with Crippen molar-refractivity contribution in [3.8, 4) is 11.5 Å². The summed E-state index contributed by atoms with van der Waals surface area (Å²) in [6, 6.07) is 13.0. The molecule has 0 saturated carbocycles. The Morgan fingerprint density at radius 3 is 1.67 bits per heavy atom. The molecule has 0 aliphatic rings.